The largest absolute Gasteiger partial charge is 0.385 e. The van der Waals surface area contributed by atoms with E-state index in [-0.39, 0.29) is 47.5 Å². The Morgan fingerprint density at radius 3 is 1.45 bits per heavy atom. The molecule has 0 spiro atoms. The van der Waals surface area contributed by atoms with E-state index in [0.717, 1.165) is 146 Å². The Bertz CT molecular complexity index is 2980. The number of ether oxygens (including phenoxy) is 2. The number of anilines is 2. The molecule has 0 aliphatic carbocycles. The van der Waals surface area contributed by atoms with Crippen molar-refractivity contribution in [2.75, 3.05) is 65.1 Å². The standard InChI is InChI=1S/C31H38N6O2.C30H37N7O2/c1-22(17-23-10-12-24(13-11-23)26-19-33-31(32)34-20-26)18-29(38)36-14-5-7-25(21-36)30-35-27-8-3-4-9-28(27)37(30)15-6-16-39-2;1-39-15-5-14-37-27-8-3-2-7-26(27)35-29(37)23-6-4-13-36(20-23)28(38)17-25(31)16-21-9-11-22(12-10-21)24-18-33-30(32)34-19-24/h3-4,8-13,19-20,22,25H,5-7,14-18,21H2,1-2H3,(H2,32,33,34);2-3,7-12,18-19,23,25H,4-6,13-17,20,31H2,1H3,(H2,32,33,34)/t22-,25-;23-,25-/m11/s1. The van der Waals surface area contributed by atoms with Crippen molar-refractivity contribution in [1.29, 1.82) is 0 Å². The van der Waals surface area contributed by atoms with Gasteiger partial charge in [-0.3, -0.25) is 9.59 Å². The predicted octanol–water partition coefficient (Wildman–Crippen LogP) is 8.87. The maximum atomic E-state index is 13.4. The van der Waals surface area contributed by atoms with Gasteiger partial charge in [-0.2, -0.15) is 0 Å². The first-order valence-electron chi connectivity index (χ1n) is 27.6. The molecule has 78 heavy (non-hydrogen) atoms. The molecule has 17 heteroatoms. The molecule has 10 rings (SSSR count). The van der Waals surface area contributed by atoms with Crippen molar-refractivity contribution in [2.24, 2.45) is 11.7 Å². The first-order chi connectivity index (χ1) is 38.0. The topological polar surface area (TPSA) is 224 Å². The lowest BCUT2D eigenvalue weighted by molar-refractivity contribution is -0.133. The third-order valence-corrected chi connectivity index (χ3v) is 15.1. The van der Waals surface area contributed by atoms with E-state index < -0.39 is 0 Å². The Morgan fingerprint density at radius 2 is 1.00 bits per heavy atom. The average Bonchev–Trinajstić information content (AvgIpc) is 4.06. The van der Waals surface area contributed by atoms with Crippen molar-refractivity contribution in [2.45, 2.75) is 102 Å². The molecule has 4 aromatic carbocycles. The second-order valence-corrected chi connectivity index (χ2v) is 21.0. The number of likely N-dealkylation sites (tertiary alicyclic amines) is 2. The van der Waals surface area contributed by atoms with Gasteiger partial charge in [-0.1, -0.05) is 79.7 Å². The highest BCUT2D eigenvalue weighted by molar-refractivity contribution is 5.79. The SMILES string of the molecule is COCCCn1c([C@@H]2CCCN(C(=O)C[C@H](C)Cc3ccc(-c4cnc(N)nc4)cc3)C2)nc2ccccc21.COCCCn1c([C@@H]2CCCN(C(=O)C[C@H](N)Cc3ccc(-c4cnc(N)nc4)cc3)C2)nc2ccccc21. The number of fused-ring (bicyclic) bond motifs is 2. The third kappa shape index (κ3) is 14.1. The van der Waals surface area contributed by atoms with Crippen molar-refractivity contribution < 1.29 is 19.1 Å². The van der Waals surface area contributed by atoms with E-state index >= 15 is 0 Å². The molecule has 0 radical (unpaired) electrons. The van der Waals surface area contributed by atoms with Gasteiger partial charge in [0.05, 0.1) is 22.1 Å². The first kappa shape index (κ1) is 55.2. The van der Waals surface area contributed by atoms with Gasteiger partial charge < -0.3 is 45.6 Å². The highest BCUT2D eigenvalue weighted by atomic mass is 16.5. The van der Waals surface area contributed by atoms with Crippen LogP contribution in [-0.2, 0) is 45.0 Å². The van der Waals surface area contributed by atoms with E-state index in [1.165, 1.54) is 5.56 Å². The van der Waals surface area contributed by atoms with E-state index in [9.17, 15) is 9.59 Å². The fourth-order valence-electron chi connectivity index (χ4n) is 11.1. The van der Waals surface area contributed by atoms with E-state index in [0.29, 0.717) is 32.4 Å². The summed E-state index contributed by atoms with van der Waals surface area (Å²) in [6.45, 7) is 8.31. The third-order valence-electron chi connectivity index (χ3n) is 15.1. The van der Waals surface area contributed by atoms with Gasteiger partial charge in [0.1, 0.15) is 11.6 Å². The summed E-state index contributed by atoms with van der Waals surface area (Å²) in [7, 11) is 3.47. The fourth-order valence-corrected chi connectivity index (χ4v) is 11.1. The number of carbonyl (C=O) groups is 2. The van der Waals surface area contributed by atoms with Gasteiger partial charge in [0.15, 0.2) is 0 Å². The molecule has 2 aliphatic heterocycles. The average molecular weight is 1050 g/mol. The number of nitrogens with two attached hydrogens (primary N) is 3. The van der Waals surface area contributed by atoms with E-state index in [1.54, 1.807) is 39.0 Å². The number of rotatable bonds is 20. The van der Waals surface area contributed by atoms with Crippen molar-refractivity contribution in [3.63, 3.8) is 0 Å². The molecular weight excluding hydrogens is 979 g/mol. The Morgan fingerprint density at radius 1 is 0.577 bits per heavy atom. The summed E-state index contributed by atoms with van der Waals surface area (Å²) in [4.78, 5) is 57.0. The number of aromatic nitrogens is 8. The molecule has 0 saturated carbocycles. The highest BCUT2D eigenvalue weighted by Gasteiger charge is 2.31. The molecule has 6 N–H and O–H groups in total. The van der Waals surface area contributed by atoms with Crippen molar-refractivity contribution in [3.05, 3.63) is 145 Å². The van der Waals surface area contributed by atoms with Crippen molar-refractivity contribution >= 4 is 45.8 Å². The smallest absolute Gasteiger partial charge is 0.224 e. The second kappa shape index (κ2) is 26.6. The Labute approximate surface area is 457 Å². The molecular formula is C61H75N13O4. The van der Waals surface area contributed by atoms with Crippen LogP contribution in [-0.4, -0.2) is 120 Å². The van der Waals surface area contributed by atoms with Crippen LogP contribution in [0, 0.1) is 5.92 Å². The fraction of sp³-hybridized carbons (Fsp3) is 0.410. The monoisotopic (exact) mass is 1050 g/mol. The molecule has 2 saturated heterocycles. The number of carbonyl (C=O) groups excluding carboxylic acids is 2. The molecule has 0 unspecified atom stereocenters. The van der Waals surface area contributed by atoms with Crippen LogP contribution in [0.2, 0.25) is 0 Å². The summed E-state index contributed by atoms with van der Waals surface area (Å²) in [5.41, 5.74) is 28.2. The zero-order valence-corrected chi connectivity index (χ0v) is 45.4. The van der Waals surface area contributed by atoms with Crippen LogP contribution in [0.25, 0.3) is 44.3 Å². The van der Waals surface area contributed by atoms with Gasteiger partial charge in [0.2, 0.25) is 23.7 Å². The molecule has 2 aliphatic rings. The summed E-state index contributed by atoms with van der Waals surface area (Å²) in [5.74, 6) is 3.76. The number of aryl methyl sites for hydroxylation is 2. The van der Waals surface area contributed by atoms with Crippen LogP contribution < -0.4 is 17.2 Å². The van der Waals surface area contributed by atoms with Crippen LogP contribution in [0.3, 0.4) is 0 Å². The van der Waals surface area contributed by atoms with Gasteiger partial charge in [-0.25, -0.2) is 29.9 Å². The van der Waals surface area contributed by atoms with Gasteiger partial charge in [0, 0.05) is 133 Å². The van der Waals surface area contributed by atoms with Gasteiger partial charge in [-0.15, -0.1) is 0 Å². The summed E-state index contributed by atoms with van der Waals surface area (Å²) in [5, 5.41) is 0. The van der Waals surface area contributed by atoms with Crippen molar-refractivity contribution in [1.82, 2.24) is 48.8 Å². The molecule has 0 bridgehead atoms. The zero-order valence-electron chi connectivity index (χ0n) is 45.4. The first-order valence-corrected chi connectivity index (χ1v) is 27.6. The molecule has 4 atom stereocenters. The predicted molar refractivity (Wildman–Crippen MR) is 307 cm³/mol. The van der Waals surface area contributed by atoms with E-state index in [4.69, 9.17) is 36.6 Å². The minimum Gasteiger partial charge on any atom is -0.385 e. The number of hydrogen-bond donors (Lipinski definition) is 3. The van der Waals surface area contributed by atoms with Crippen LogP contribution in [0.15, 0.2) is 122 Å². The number of benzene rings is 4. The molecule has 4 aromatic heterocycles. The van der Waals surface area contributed by atoms with Gasteiger partial charge in [0.25, 0.3) is 0 Å². The Kier molecular flexibility index (Phi) is 18.8. The van der Waals surface area contributed by atoms with Gasteiger partial charge in [-0.05, 0) is 104 Å². The summed E-state index contributed by atoms with van der Waals surface area (Å²) >= 11 is 0. The maximum absolute atomic E-state index is 13.4. The molecule has 2 amide bonds. The lowest BCUT2D eigenvalue weighted by Crippen LogP contribution is -2.42. The van der Waals surface area contributed by atoms with Crippen molar-refractivity contribution in [3.8, 4) is 22.3 Å². The van der Waals surface area contributed by atoms with Crippen LogP contribution in [0.1, 0.15) is 92.9 Å². The number of imidazole rings is 2. The van der Waals surface area contributed by atoms with Gasteiger partial charge >= 0.3 is 0 Å². The molecule has 17 nitrogen and oxygen atoms in total. The summed E-state index contributed by atoms with van der Waals surface area (Å²) in [6.07, 6.45) is 15.2. The number of amides is 2. The minimum absolute atomic E-state index is 0.116. The van der Waals surface area contributed by atoms with Crippen LogP contribution >= 0.6 is 0 Å². The quantitative estimate of drug-likeness (QED) is 0.0608. The van der Waals surface area contributed by atoms with Crippen LogP contribution in [0.4, 0.5) is 11.9 Å². The lowest BCUT2D eigenvalue weighted by atomic mass is 9.94. The number of hydrogen-bond acceptors (Lipinski definition) is 13. The number of nitrogens with zero attached hydrogens (tertiary/aromatic N) is 10. The molecule has 2 fully saturated rings. The van der Waals surface area contributed by atoms with Crippen LogP contribution in [0.5, 0.6) is 0 Å². The maximum Gasteiger partial charge on any atom is 0.224 e. The molecule has 408 valence electrons. The second-order valence-electron chi connectivity index (χ2n) is 21.0. The Balaban J connectivity index is 0.000000190. The minimum atomic E-state index is -0.248. The molecule has 8 aromatic rings. The van der Waals surface area contributed by atoms with E-state index in [2.05, 4.69) is 102 Å². The summed E-state index contributed by atoms with van der Waals surface area (Å²) in [6, 6.07) is 32.9. The number of piperidine rings is 2. The lowest BCUT2D eigenvalue weighted by Gasteiger charge is -2.33. The number of nitrogen functional groups attached to an aromatic ring is 2. The zero-order chi connectivity index (χ0) is 54.4. The summed E-state index contributed by atoms with van der Waals surface area (Å²) < 4.78 is 15.2. The number of methoxy groups -OCH3 is 2. The molecule has 6 heterocycles. The highest BCUT2D eigenvalue weighted by Crippen LogP contribution is 2.33. The van der Waals surface area contributed by atoms with E-state index in [1.807, 2.05) is 41.3 Å². The Hall–Kier alpha value is -7.60. The number of para-hydroxylation sites is 4. The normalized spacial score (nSPS) is 16.5.